The molecular formula is C6H12N2O. The summed E-state index contributed by atoms with van der Waals surface area (Å²) in [5, 5.41) is 8.30. The third-order valence-corrected chi connectivity index (χ3v) is 0.805. The van der Waals surface area contributed by atoms with Crippen LogP contribution >= 0.6 is 0 Å². The number of hydrazine groups is 1. The molecule has 0 rings (SSSR count). The normalized spacial score (nSPS) is 12.6. The van der Waals surface area contributed by atoms with E-state index < -0.39 is 0 Å². The van der Waals surface area contributed by atoms with Crippen LogP contribution in [0.15, 0.2) is 0 Å². The van der Waals surface area contributed by atoms with Gasteiger partial charge in [-0.25, -0.2) is 5.43 Å². The first kappa shape index (κ1) is 8.44. The fourth-order valence-corrected chi connectivity index (χ4v) is 0.323. The van der Waals surface area contributed by atoms with E-state index in [1.165, 1.54) is 0 Å². The molecule has 0 radical (unpaired) electrons. The highest BCUT2D eigenvalue weighted by molar-refractivity contribution is 4.94. The summed E-state index contributed by atoms with van der Waals surface area (Å²) in [6, 6.07) is 0.0107. The Morgan fingerprint density at radius 1 is 1.78 bits per heavy atom. The first-order valence-corrected chi connectivity index (χ1v) is 2.86. The van der Waals surface area contributed by atoms with Crippen LogP contribution in [0.2, 0.25) is 0 Å². The van der Waals surface area contributed by atoms with Crippen LogP contribution < -0.4 is 10.9 Å². The lowest BCUT2D eigenvalue weighted by atomic mass is 10.4. The molecule has 0 saturated heterocycles. The summed E-state index contributed by atoms with van der Waals surface area (Å²) in [5.41, 5.74) is 5.53. The molecule has 0 saturated carbocycles. The Kier molecular flexibility index (Phi) is 5.23. The van der Waals surface area contributed by atoms with Crippen molar-refractivity contribution in [2.75, 3.05) is 13.2 Å². The molecule has 0 spiro atoms. The molecule has 0 aromatic rings. The van der Waals surface area contributed by atoms with Crippen molar-refractivity contribution in [1.82, 2.24) is 10.9 Å². The van der Waals surface area contributed by atoms with Crippen molar-refractivity contribution in [3.8, 4) is 12.3 Å². The van der Waals surface area contributed by atoms with Gasteiger partial charge >= 0.3 is 0 Å². The number of nitrogens with one attached hydrogen (secondary N) is 2. The van der Waals surface area contributed by atoms with Crippen molar-refractivity contribution >= 4 is 0 Å². The van der Waals surface area contributed by atoms with Crippen molar-refractivity contribution in [2.24, 2.45) is 0 Å². The second kappa shape index (κ2) is 5.57. The van der Waals surface area contributed by atoms with E-state index in [1.807, 2.05) is 6.92 Å². The molecular weight excluding hydrogens is 116 g/mol. The number of aliphatic hydroxyl groups is 1. The second-order valence-corrected chi connectivity index (χ2v) is 1.68. The smallest absolute Gasteiger partial charge is 0.0789 e. The van der Waals surface area contributed by atoms with Gasteiger partial charge in [-0.3, -0.25) is 5.43 Å². The topological polar surface area (TPSA) is 44.3 Å². The quantitative estimate of drug-likeness (QED) is 0.261. The van der Waals surface area contributed by atoms with Crippen molar-refractivity contribution in [1.29, 1.82) is 0 Å². The fraction of sp³-hybridized carbons (Fsp3) is 0.667. The highest BCUT2D eigenvalue weighted by atomic mass is 16.3. The Balaban J connectivity index is 2.99. The van der Waals surface area contributed by atoms with Gasteiger partial charge in [-0.1, -0.05) is 5.92 Å². The van der Waals surface area contributed by atoms with Crippen LogP contribution in [0.25, 0.3) is 0 Å². The van der Waals surface area contributed by atoms with Gasteiger partial charge in [-0.15, -0.1) is 6.42 Å². The molecule has 0 bridgehead atoms. The summed E-state index contributed by atoms with van der Waals surface area (Å²) in [5.74, 6) is 2.47. The zero-order chi connectivity index (χ0) is 7.11. The molecule has 0 aliphatic rings. The summed E-state index contributed by atoms with van der Waals surface area (Å²) < 4.78 is 0. The van der Waals surface area contributed by atoms with Crippen LogP contribution in [-0.2, 0) is 0 Å². The summed E-state index contributed by atoms with van der Waals surface area (Å²) >= 11 is 0. The predicted octanol–water partition coefficient (Wildman–Crippen LogP) is -0.905. The lowest BCUT2D eigenvalue weighted by Gasteiger charge is -2.06. The Morgan fingerprint density at radius 3 is 2.89 bits per heavy atom. The van der Waals surface area contributed by atoms with Gasteiger partial charge < -0.3 is 5.11 Å². The number of terminal acetylenes is 1. The lowest BCUT2D eigenvalue weighted by molar-refractivity contribution is 0.281. The molecule has 0 amide bonds. The van der Waals surface area contributed by atoms with Gasteiger partial charge in [-0.2, -0.15) is 0 Å². The highest BCUT2D eigenvalue weighted by Gasteiger charge is 1.90. The number of hydrogen-bond acceptors (Lipinski definition) is 3. The molecule has 3 heteroatoms. The standard InChI is InChI=1S/C6H12N2O/c1-3-6(2)8-7-4-5-9/h1,6-9H,4-5H2,2H3. The Bertz CT molecular complexity index is 97.7. The molecule has 1 atom stereocenters. The fourth-order valence-electron chi connectivity index (χ4n) is 0.323. The molecule has 9 heavy (non-hydrogen) atoms. The van der Waals surface area contributed by atoms with Crippen LogP contribution in [0.4, 0.5) is 0 Å². The van der Waals surface area contributed by atoms with Crippen LogP contribution in [-0.4, -0.2) is 24.3 Å². The number of hydrogen-bond donors (Lipinski definition) is 3. The first-order valence-electron chi connectivity index (χ1n) is 2.86. The van der Waals surface area contributed by atoms with Crippen molar-refractivity contribution in [2.45, 2.75) is 13.0 Å². The summed E-state index contributed by atoms with van der Waals surface area (Å²) in [7, 11) is 0. The zero-order valence-corrected chi connectivity index (χ0v) is 5.52. The maximum Gasteiger partial charge on any atom is 0.0789 e. The van der Waals surface area contributed by atoms with Gasteiger partial charge in [0.1, 0.15) is 0 Å². The first-order chi connectivity index (χ1) is 4.31. The van der Waals surface area contributed by atoms with Crippen LogP contribution in [0, 0.1) is 12.3 Å². The van der Waals surface area contributed by atoms with E-state index in [0.717, 1.165) is 0 Å². The minimum Gasteiger partial charge on any atom is -0.395 e. The van der Waals surface area contributed by atoms with Gasteiger partial charge in [0.25, 0.3) is 0 Å². The van der Waals surface area contributed by atoms with Crippen molar-refractivity contribution in [3.05, 3.63) is 0 Å². The highest BCUT2D eigenvalue weighted by Crippen LogP contribution is 1.69. The van der Waals surface area contributed by atoms with Crippen molar-refractivity contribution < 1.29 is 5.11 Å². The average molecular weight is 128 g/mol. The van der Waals surface area contributed by atoms with Gasteiger partial charge in [0, 0.05) is 6.54 Å². The van der Waals surface area contributed by atoms with Gasteiger partial charge in [0.15, 0.2) is 0 Å². The van der Waals surface area contributed by atoms with Crippen molar-refractivity contribution in [3.63, 3.8) is 0 Å². The number of aliphatic hydroxyl groups excluding tert-OH is 1. The average Bonchev–Trinajstić information content (AvgIpc) is 1.89. The Morgan fingerprint density at radius 2 is 2.44 bits per heavy atom. The SMILES string of the molecule is C#CC(C)NNCCO. The molecule has 3 nitrogen and oxygen atoms in total. The molecule has 3 N–H and O–H groups in total. The molecule has 52 valence electrons. The molecule has 0 heterocycles. The van der Waals surface area contributed by atoms with E-state index in [4.69, 9.17) is 11.5 Å². The van der Waals surface area contributed by atoms with E-state index in [-0.39, 0.29) is 12.6 Å². The van der Waals surface area contributed by atoms with E-state index in [2.05, 4.69) is 16.8 Å². The molecule has 0 aliphatic heterocycles. The van der Waals surface area contributed by atoms with Gasteiger partial charge in [0.05, 0.1) is 12.6 Å². The van der Waals surface area contributed by atoms with Gasteiger partial charge in [0.2, 0.25) is 0 Å². The summed E-state index contributed by atoms with van der Waals surface area (Å²) in [6.07, 6.45) is 5.04. The molecule has 0 aromatic heterocycles. The zero-order valence-electron chi connectivity index (χ0n) is 5.52. The van der Waals surface area contributed by atoms with Crippen LogP contribution in [0.1, 0.15) is 6.92 Å². The largest absolute Gasteiger partial charge is 0.395 e. The van der Waals surface area contributed by atoms with E-state index in [9.17, 15) is 0 Å². The second-order valence-electron chi connectivity index (χ2n) is 1.68. The minimum atomic E-state index is 0.0107. The maximum atomic E-state index is 8.30. The maximum absolute atomic E-state index is 8.30. The molecule has 0 fully saturated rings. The van der Waals surface area contributed by atoms with Crippen LogP contribution in [0.3, 0.4) is 0 Å². The lowest BCUT2D eigenvalue weighted by Crippen LogP contribution is -2.39. The van der Waals surface area contributed by atoms with Crippen LogP contribution in [0.5, 0.6) is 0 Å². The summed E-state index contributed by atoms with van der Waals surface area (Å²) in [4.78, 5) is 0. The Hall–Kier alpha value is -0.560. The van der Waals surface area contributed by atoms with E-state index in [1.54, 1.807) is 0 Å². The van der Waals surface area contributed by atoms with E-state index >= 15 is 0 Å². The predicted molar refractivity (Wildman–Crippen MR) is 36.5 cm³/mol. The number of rotatable bonds is 4. The van der Waals surface area contributed by atoms with E-state index in [0.29, 0.717) is 6.54 Å². The monoisotopic (exact) mass is 128 g/mol. The summed E-state index contributed by atoms with van der Waals surface area (Å²) in [6.45, 7) is 2.49. The minimum absolute atomic E-state index is 0.0107. The molecule has 0 aromatic carbocycles. The Labute approximate surface area is 55.4 Å². The molecule has 1 unspecified atom stereocenters. The third kappa shape index (κ3) is 5.31. The van der Waals surface area contributed by atoms with Gasteiger partial charge in [-0.05, 0) is 6.92 Å². The molecule has 0 aliphatic carbocycles. The third-order valence-electron chi connectivity index (χ3n) is 0.805.